The zero-order valence-corrected chi connectivity index (χ0v) is 19.5. The number of carboxylic acids is 1. The van der Waals surface area contributed by atoms with Crippen LogP contribution in [0.1, 0.15) is 36.1 Å². The van der Waals surface area contributed by atoms with Crippen LogP contribution in [0.2, 0.25) is 0 Å². The number of ether oxygens (including phenoxy) is 1. The molecule has 0 atom stereocenters. The largest absolute Gasteiger partial charge is 0.497 e. The highest BCUT2D eigenvalue weighted by Gasteiger charge is 2.40. The van der Waals surface area contributed by atoms with Gasteiger partial charge in [0.25, 0.3) is 0 Å². The van der Waals surface area contributed by atoms with E-state index in [0.29, 0.717) is 68.6 Å². The first kappa shape index (κ1) is 23.2. The summed E-state index contributed by atoms with van der Waals surface area (Å²) in [4.78, 5) is 19.6. The number of halogens is 1. The predicted octanol–water partition coefficient (Wildman–Crippen LogP) is 4.99. The van der Waals surface area contributed by atoms with Crippen LogP contribution >= 0.6 is 11.3 Å². The maximum absolute atomic E-state index is 14.6. The zero-order chi connectivity index (χ0) is 23.3. The van der Waals surface area contributed by atoms with Crippen molar-refractivity contribution in [2.24, 2.45) is 5.41 Å². The Hall–Kier alpha value is -2.95. The van der Waals surface area contributed by atoms with Crippen LogP contribution in [0.3, 0.4) is 0 Å². The van der Waals surface area contributed by atoms with Crippen LogP contribution in [-0.4, -0.2) is 47.7 Å². The van der Waals surface area contributed by atoms with Crippen LogP contribution in [0.25, 0.3) is 10.9 Å². The number of carboxylic acid groups (broad SMARTS) is 1. The normalized spacial score (nSPS) is 15.7. The van der Waals surface area contributed by atoms with Crippen LogP contribution in [0.15, 0.2) is 41.9 Å². The van der Waals surface area contributed by atoms with Gasteiger partial charge in [0.2, 0.25) is 0 Å². The highest BCUT2D eigenvalue weighted by Crippen LogP contribution is 2.37. The lowest BCUT2D eigenvalue weighted by Gasteiger charge is -2.38. The van der Waals surface area contributed by atoms with E-state index in [9.17, 15) is 14.3 Å². The SMILES string of the molecule is COc1ccc2ncc(F)c(CCCC3(C(=O)O)CCN(CC#Cc4cccs4)CC3)c2c1. The summed E-state index contributed by atoms with van der Waals surface area (Å²) in [5, 5.41) is 12.7. The minimum absolute atomic E-state index is 0.362. The van der Waals surface area contributed by atoms with Crippen molar-refractivity contribution >= 4 is 28.2 Å². The molecule has 33 heavy (non-hydrogen) atoms. The molecule has 0 bridgehead atoms. The molecule has 0 saturated carbocycles. The molecular weight excluding hydrogens is 439 g/mol. The highest BCUT2D eigenvalue weighted by molar-refractivity contribution is 7.10. The van der Waals surface area contributed by atoms with Crippen LogP contribution < -0.4 is 4.74 Å². The predicted molar refractivity (Wildman–Crippen MR) is 128 cm³/mol. The molecule has 0 aliphatic carbocycles. The maximum atomic E-state index is 14.6. The van der Waals surface area contributed by atoms with Gasteiger partial charge in [0.05, 0.1) is 35.7 Å². The maximum Gasteiger partial charge on any atom is 0.309 e. The molecule has 0 unspecified atom stereocenters. The van der Waals surface area contributed by atoms with E-state index in [1.165, 1.54) is 6.20 Å². The second-order valence-corrected chi connectivity index (χ2v) is 9.41. The highest BCUT2D eigenvalue weighted by atomic mass is 32.1. The molecule has 4 rings (SSSR count). The van der Waals surface area contributed by atoms with Gasteiger partial charge in [-0.25, -0.2) is 4.39 Å². The monoisotopic (exact) mass is 466 g/mol. The minimum atomic E-state index is -0.769. The van der Waals surface area contributed by atoms with Gasteiger partial charge in [0.1, 0.15) is 11.6 Å². The third kappa shape index (κ3) is 5.35. The fraction of sp³-hybridized carbons (Fsp3) is 0.385. The van der Waals surface area contributed by atoms with E-state index < -0.39 is 11.4 Å². The summed E-state index contributed by atoms with van der Waals surface area (Å²) < 4.78 is 19.9. The van der Waals surface area contributed by atoms with Crippen molar-refractivity contribution < 1.29 is 19.0 Å². The van der Waals surface area contributed by atoms with E-state index >= 15 is 0 Å². The fourth-order valence-electron chi connectivity index (χ4n) is 4.48. The van der Waals surface area contributed by atoms with E-state index in [2.05, 4.69) is 21.7 Å². The van der Waals surface area contributed by atoms with Gasteiger partial charge in [-0.2, -0.15) is 0 Å². The van der Waals surface area contributed by atoms with E-state index in [1.807, 2.05) is 23.6 Å². The van der Waals surface area contributed by atoms with Crippen molar-refractivity contribution in [3.63, 3.8) is 0 Å². The summed E-state index contributed by atoms with van der Waals surface area (Å²) in [5.41, 5.74) is 0.507. The number of thiophene rings is 1. The molecule has 0 radical (unpaired) electrons. The molecule has 7 heteroatoms. The Kier molecular flexibility index (Phi) is 7.26. The molecule has 0 spiro atoms. The molecule has 172 valence electrons. The second kappa shape index (κ2) is 10.3. The Balaban J connectivity index is 1.39. The smallest absolute Gasteiger partial charge is 0.309 e. The van der Waals surface area contributed by atoms with Gasteiger partial charge in [0.15, 0.2) is 0 Å². The standard InChI is InChI=1S/C26H27FN2O3S/c1-32-19-8-9-24-22(17-19)21(23(27)18-28-24)7-2-10-26(25(30)31)11-14-29(15-12-26)13-3-5-20-6-4-16-33-20/h4,6,8-9,16-18H,2,7,10-15H2,1H3,(H,30,31). The molecule has 1 aromatic carbocycles. The number of benzene rings is 1. The number of aryl methyl sites for hydroxylation is 1. The van der Waals surface area contributed by atoms with Gasteiger partial charge in [-0.1, -0.05) is 17.9 Å². The van der Waals surface area contributed by atoms with Gasteiger partial charge in [-0.05, 0) is 67.3 Å². The number of hydrogen-bond acceptors (Lipinski definition) is 5. The van der Waals surface area contributed by atoms with E-state index in [-0.39, 0.29) is 5.82 Å². The van der Waals surface area contributed by atoms with Gasteiger partial charge < -0.3 is 9.84 Å². The Morgan fingerprint density at radius 3 is 2.85 bits per heavy atom. The number of methoxy groups -OCH3 is 1. The summed E-state index contributed by atoms with van der Waals surface area (Å²) >= 11 is 1.62. The lowest BCUT2D eigenvalue weighted by atomic mass is 9.74. The van der Waals surface area contributed by atoms with Crippen molar-refractivity contribution in [3.8, 4) is 17.6 Å². The van der Waals surface area contributed by atoms with Crippen molar-refractivity contribution in [2.75, 3.05) is 26.7 Å². The van der Waals surface area contributed by atoms with E-state index in [0.717, 1.165) is 10.3 Å². The number of hydrogen-bond donors (Lipinski definition) is 1. The van der Waals surface area contributed by atoms with E-state index in [4.69, 9.17) is 4.74 Å². The summed E-state index contributed by atoms with van der Waals surface area (Å²) in [5.74, 6) is 5.88. The van der Waals surface area contributed by atoms with Crippen LogP contribution in [0, 0.1) is 23.1 Å². The number of fused-ring (bicyclic) bond motifs is 1. The molecule has 5 nitrogen and oxygen atoms in total. The van der Waals surface area contributed by atoms with Gasteiger partial charge in [-0.3, -0.25) is 14.7 Å². The first-order valence-corrected chi connectivity index (χ1v) is 12.0. The number of nitrogens with zero attached hydrogens (tertiary/aromatic N) is 2. The Labute approximate surface area is 197 Å². The zero-order valence-electron chi connectivity index (χ0n) is 18.6. The first-order chi connectivity index (χ1) is 16.0. The minimum Gasteiger partial charge on any atom is -0.497 e. The van der Waals surface area contributed by atoms with Gasteiger partial charge in [0, 0.05) is 18.5 Å². The van der Waals surface area contributed by atoms with Crippen molar-refractivity contribution in [1.82, 2.24) is 9.88 Å². The van der Waals surface area contributed by atoms with Gasteiger partial charge in [-0.15, -0.1) is 11.3 Å². The molecule has 1 aliphatic rings. The average Bonchev–Trinajstić information content (AvgIpc) is 3.34. The van der Waals surface area contributed by atoms with Gasteiger partial charge >= 0.3 is 5.97 Å². The third-order valence-corrected chi connectivity index (χ3v) is 7.30. The Morgan fingerprint density at radius 2 is 2.15 bits per heavy atom. The first-order valence-electron chi connectivity index (χ1n) is 11.1. The number of piperidine rings is 1. The van der Waals surface area contributed by atoms with Crippen molar-refractivity contribution in [2.45, 2.75) is 32.1 Å². The third-order valence-electron chi connectivity index (χ3n) is 6.52. The van der Waals surface area contributed by atoms with Crippen molar-refractivity contribution in [1.29, 1.82) is 0 Å². The quantitative estimate of drug-likeness (QED) is 0.498. The molecule has 1 saturated heterocycles. The Morgan fingerprint density at radius 1 is 1.33 bits per heavy atom. The topological polar surface area (TPSA) is 62.7 Å². The number of likely N-dealkylation sites (tertiary alicyclic amines) is 1. The molecule has 1 aliphatic heterocycles. The molecular formula is C26H27FN2O3S. The number of rotatable bonds is 7. The number of pyridine rings is 1. The lowest BCUT2D eigenvalue weighted by molar-refractivity contribution is -0.152. The van der Waals surface area contributed by atoms with Crippen LogP contribution in [0.5, 0.6) is 5.75 Å². The molecule has 1 fully saturated rings. The molecule has 3 heterocycles. The summed E-state index contributed by atoms with van der Waals surface area (Å²) in [6.07, 6.45) is 3.98. The number of carbonyl (C=O) groups is 1. The number of aromatic nitrogens is 1. The fourth-order valence-corrected chi connectivity index (χ4v) is 5.08. The summed E-state index contributed by atoms with van der Waals surface area (Å²) in [6, 6.07) is 9.38. The Bertz CT molecular complexity index is 1180. The van der Waals surface area contributed by atoms with E-state index in [1.54, 1.807) is 30.6 Å². The van der Waals surface area contributed by atoms with Crippen LogP contribution in [0.4, 0.5) is 4.39 Å². The average molecular weight is 467 g/mol. The summed E-state index contributed by atoms with van der Waals surface area (Å²) in [7, 11) is 1.57. The van der Waals surface area contributed by atoms with Crippen molar-refractivity contribution in [3.05, 3.63) is 58.2 Å². The lowest BCUT2D eigenvalue weighted by Crippen LogP contribution is -2.44. The molecule has 1 N–H and O–H groups in total. The number of aliphatic carboxylic acids is 1. The molecule has 3 aromatic rings. The molecule has 2 aromatic heterocycles. The van der Waals surface area contributed by atoms with Crippen LogP contribution in [-0.2, 0) is 11.2 Å². The second-order valence-electron chi connectivity index (χ2n) is 8.46. The molecule has 0 amide bonds. The summed E-state index contributed by atoms with van der Waals surface area (Å²) in [6.45, 7) is 2.05.